The van der Waals surface area contributed by atoms with Gasteiger partial charge in [-0.3, -0.25) is 4.79 Å². The van der Waals surface area contributed by atoms with Crippen LogP contribution in [0.5, 0.6) is 5.75 Å². The Bertz CT molecular complexity index is 351. The molecule has 1 aromatic rings. The molecule has 0 spiro atoms. The number of carbonyl (C=O) groups excluding carboxylic acids is 1. The van der Waals surface area contributed by atoms with Gasteiger partial charge in [-0.05, 0) is 19.1 Å². The summed E-state index contributed by atoms with van der Waals surface area (Å²) in [6.45, 7) is 5.44. The largest absolute Gasteiger partial charge is 0.495 e. The van der Waals surface area contributed by atoms with Gasteiger partial charge >= 0.3 is 0 Å². The lowest BCUT2D eigenvalue weighted by Gasteiger charge is -2.08. The van der Waals surface area contributed by atoms with Crippen LogP contribution < -0.4 is 10.5 Å². The highest BCUT2D eigenvalue weighted by atomic mass is 35.5. The highest BCUT2D eigenvalue weighted by molar-refractivity contribution is 6.35. The lowest BCUT2D eigenvalue weighted by molar-refractivity contribution is 0.101. The Balaban J connectivity index is 0.000000921. The van der Waals surface area contributed by atoms with Crippen LogP contribution in [-0.4, -0.2) is 12.9 Å². The third-order valence-corrected chi connectivity index (χ3v) is 2.13. The Morgan fingerprint density at radius 2 is 1.93 bits per heavy atom. The molecule has 0 aliphatic heterocycles. The van der Waals surface area contributed by atoms with Gasteiger partial charge < -0.3 is 10.5 Å². The number of halogens is 1. The van der Waals surface area contributed by atoms with E-state index in [1.165, 1.54) is 14.0 Å². The molecule has 0 aliphatic carbocycles. The van der Waals surface area contributed by atoms with E-state index in [0.717, 1.165) is 0 Å². The van der Waals surface area contributed by atoms with Crippen molar-refractivity contribution in [2.75, 3.05) is 12.8 Å². The van der Waals surface area contributed by atoms with Crippen molar-refractivity contribution in [3.63, 3.8) is 0 Å². The predicted molar refractivity (Wildman–Crippen MR) is 63.8 cm³/mol. The van der Waals surface area contributed by atoms with E-state index in [1.54, 1.807) is 12.1 Å². The smallest absolute Gasteiger partial charge is 0.161 e. The zero-order valence-electron chi connectivity index (χ0n) is 9.43. The van der Waals surface area contributed by atoms with Gasteiger partial charge in [0, 0.05) is 5.56 Å². The summed E-state index contributed by atoms with van der Waals surface area (Å²) in [4.78, 5) is 11.0. The molecule has 1 aromatic carbocycles. The fraction of sp³-hybridized carbons (Fsp3) is 0.364. The molecule has 0 fully saturated rings. The maximum atomic E-state index is 11.0. The maximum absolute atomic E-state index is 11.0. The summed E-state index contributed by atoms with van der Waals surface area (Å²) in [7, 11) is 1.49. The molecule has 84 valence electrons. The van der Waals surface area contributed by atoms with Gasteiger partial charge in [-0.25, -0.2) is 0 Å². The molecule has 0 bridgehead atoms. The summed E-state index contributed by atoms with van der Waals surface area (Å²) in [6, 6.07) is 3.22. The number of benzene rings is 1. The Hall–Kier alpha value is -1.22. The molecular formula is C11H16ClNO2. The minimum atomic E-state index is -0.109. The second-order valence-electron chi connectivity index (χ2n) is 2.60. The molecule has 0 atom stereocenters. The Morgan fingerprint density at radius 1 is 1.40 bits per heavy atom. The van der Waals surface area contributed by atoms with Crippen molar-refractivity contribution in [3.05, 3.63) is 22.7 Å². The maximum Gasteiger partial charge on any atom is 0.161 e. The second kappa shape index (κ2) is 6.30. The molecule has 2 N–H and O–H groups in total. The standard InChI is InChI=1S/C9H10ClNO2.C2H6/c1-5(12)6-3-4-7(13-2)8(10)9(6)11;1-2/h3-4H,11H2,1-2H3;1-2H3. The highest BCUT2D eigenvalue weighted by Crippen LogP contribution is 2.32. The molecule has 15 heavy (non-hydrogen) atoms. The quantitative estimate of drug-likeness (QED) is 0.626. The summed E-state index contributed by atoms with van der Waals surface area (Å²) >= 11 is 5.84. The summed E-state index contributed by atoms with van der Waals surface area (Å²) in [5.41, 5.74) is 6.32. The lowest BCUT2D eigenvalue weighted by atomic mass is 10.1. The molecule has 0 saturated carbocycles. The van der Waals surface area contributed by atoms with Crippen molar-refractivity contribution in [1.82, 2.24) is 0 Å². The van der Waals surface area contributed by atoms with Gasteiger partial charge in [0.15, 0.2) is 5.78 Å². The summed E-state index contributed by atoms with van der Waals surface area (Å²) in [5, 5.41) is 0.287. The zero-order valence-corrected chi connectivity index (χ0v) is 10.2. The molecule has 0 heterocycles. The van der Waals surface area contributed by atoms with Crippen LogP contribution in [-0.2, 0) is 0 Å². The van der Waals surface area contributed by atoms with Gasteiger partial charge in [-0.15, -0.1) is 0 Å². The SMILES string of the molecule is CC.COc1ccc(C(C)=O)c(N)c1Cl. The number of Topliss-reactive ketones (excluding diaryl/α,β-unsaturated/α-hetero) is 1. The van der Waals surface area contributed by atoms with Crippen LogP contribution in [0.25, 0.3) is 0 Å². The van der Waals surface area contributed by atoms with Crippen molar-refractivity contribution in [1.29, 1.82) is 0 Å². The monoisotopic (exact) mass is 229 g/mol. The molecular weight excluding hydrogens is 214 g/mol. The summed E-state index contributed by atoms with van der Waals surface area (Å²) in [6.07, 6.45) is 0. The minimum absolute atomic E-state index is 0.109. The first kappa shape index (κ1) is 13.8. The van der Waals surface area contributed by atoms with Gasteiger partial charge in [0.2, 0.25) is 0 Å². The third-order valence-electron chi connectivity index (χ3n) is 1.74. The number of ether oxygens (including phenoxy) is 1. The number of carbonyl (C=O) groups is 1. The van der Waals surface area contributed by atoms with Gasteiger partial charge in [-0.1, -0.05) is 25.4 Å². The van der Waals surface area contributed by atoms with Crippen molar-refractivity contribution in [3.8, 4) is 5.75 Å². The van der Waals surface area contributed by atoms with E-state index in [1.807, 2.05) is 13.8 Å². The third kappa shape index (κ3) is 3.13. The van der Waals surface area contributed by atoms with E-state index in [2.05, 4.69) is 0 Å². The Morgan fingerprint density at radius 3 is 2.33 bits per heavy atom. The Kier molecular flexibility index (Phi) is 5.79. The van der Waals surface area contributed by atoms with Crippen LogP contribution in [0.1, 0.15) is 31.1 Å². The van der Waals surface area contributed by atoms with Gasteiger partial charge in [0.05, 0.1) is 12.8 Å². The van der Waals surface area contributed by atoms with Crippen LogP contribution in [0.4, 0.5) is 5.69 Å². The van der Waals surface area contributed by atoms with E-state index in [9.17, 15) is 4.79 Å². The van der Waals surface area contributed by atoms with E-state index in [0.29, 0.717) is 11.3 Å². The van der Waals surface area contributed by atoms with E-state index in [4.69, 9.17) is 22.1 Å². The van der Waals surface area contributed by atoms with E-state index < -0.39 is 0 Å². The fourth-order valence-corrected chi connectivity index (χ4v) is 1.28. The van der Waals surface area contributed by atoms with Crippen LogP contribution in [0, 0.1) is 0 Å². The van der Waals surface area contributed by atoms with Crippen molar-refractivity contribution < 1.29 is 9.53 Å². The molecule has 0 saturated heterocycles. The van der Waals surface area contributed by atoms with Crippen LogP contribution in [0.15, 0.2) is 12.1 Å². The second-order valence-corrected chi connectivity index (χ2v) is 2.98. The number of anilines is 1. The number of nitrogen functional groups attached to an aromatic ring is 1. The van der Waals surface area contributed by atoms with Crippen molar-refractivity contribution in [2.24, 2.45) is 0 Å². The van der Waals surface area contributed by atoms with Crippen LogP contribution in [0.2, 0.25) is 5.02 Å². The number of nitrogens with two attached hydrogens (primary N) is 1. The predicted octanol–water partition coefficient (Wildman–Crippen LogP) is 3.16. The summed E-state index contributed by atoms with van der Waals surface area (Å²) in [5.74, 6) is 0.367. The normalized spacial score (nSPS) is 8.87. The van der Waals surface area contributed by atoms with E-state index >= 15 is 0 Å². The minimum Gasteiger partial charge on any atom is -0.495 e. The first-order chi connectivity index (χ1) is 7.07. The number of ketones is 1. The van der Waals surface area contributed by atoms with Gasteiger partial charge in [0.25, 0.3) is 0 Å². The number of methoxy groups -OCH3 is 1. The molecule has 0 aliphatic rings. The molecule has 3 nitrogen and oxygen atoms in total. The topological polar surface area (TPSA) is 52.3 Å². The lowest BCUT2D eigenvalue weighted by Crippen LogP contribution is -2.01. The van der Waals surface area contributed by atoms with Crippen molar-refractivity contribution in [2.45, 2.75) is 20.8 Å². The fourth-order valence-electron chi connectivity index (χ4n) is 1.04. The van der Waals surface area contributed by atoms with Gasteiger partial charge in [-0.2, -0.15) is 0 Å². The Labute approximate surface area is 95.2 Å². The molecule has 0 unspecified atom stereocenters. The average molecular weight is 230 g/mol. The highest BCUT2D eigenvalue weighted by Gasteiger charge is 2.11. The van der Waals surface area contributed by atoms with E-state index in [-0.39, 0.29) is 16.5 Å². The molecule has 1 rings (SSSR count). The number of hydrogen-bond acceptors (Lipinski definition) is 3. The molecule has 0 radical (unpaired) electrons. The summed E-state index contributed by atoms with van der Waals surface area (Å²) < 4.78 is 4.94. The van der Waals surface area contributed by atoms with Gasteiger partial charge in [0.1, 0.15) is 10.8 Å². The first-order valence-electron chi connectivity index (χ1n) is 4.70. The van der Waals surface area contributed by atoms with Crippen LogP contribution in [0.3, 0.4) is 0 Å². The molecule has 0 amide bonds. The number of hydrogen-bond donors (Lipinski definition) is 1. The van der Waals surface area contributed by atoms with Crippen LogP contribution >= 0.6 is 11.6 Å². The average Bonchev–Trinajstić information content (AvgIpc) is 2.24. The molecule has 4 heteroatoms. The van der Waals surface area contributed by atoms with Crippen molar-refractivity contribution >= 4 is 23.1 Å². The number of rotatable bonds is 2. The molecule has 0 aromatic heterocycles. The first-order valence-corrected chi connectivity index (χ1v) is 5.08. The zero-order chi connectivity index (χ0) is 12.0.